The van der Waals surface area contributed by atoms with E-state index in [1.807, 2.05) is 43.1 Å². The van der Waals surface area contributed by atoms with Crippen molar-refractivity contribution in [1.29, 1.82) is 0 Å². The first-order valence-corrected chi connectivity index (χ1v) is 11.8. The maximum atomic E-state index is 13.9. The summed E-state index contributed by atoms with van der Waals surface area (Å²) in [6, 6.07) is 12.0. The van der Waals surface area contributed by atoms with Gasteiger partial charge in [0.25, 0.3) is 11.8 Å². The minimum Gasteiger partial charge on any atom is -0.378 e. The largest absolute Gasteiger partial charge is 0.378 e. The Hall–Kier alpha value is -2.93. The summed E-state index contributed by atoms with van der Waals surface area (Å²) in [4.78, 5) is 38.3. The molecule has 5 rings (SSSR count). The van der Waals surface area contributed by atoms with Crippen LogP contribution in [0.2, 0.25) is 0 Å². The van der Waals surface area contributed by atoms with Gasteiger partial charge in [-0.05, 0) is 30.9 Å². The van der Waals surface area contributed by atoms with Crippen LogP contribution in [-0.4, -0.2) is 72.5 Å². The van der Waals surface area contributed by atoms with Gasteiger partial charge in [0, 0.05) is 26.7 Å². The summed E-state index contributed by atoms with van der Waals surface area (Å²) < 4.78 is 5.54. The number of carbonyl (C=O) groups is 2. The molecule has 0 unspecified atom stereocenters. The lowest BCUT2D eigenvalue weighted by atomic mass is 9.88. The van der Waals surface area contributed by atoms with Gasteiger partial charge in [0.2, 0.25) is 0 Å². The van der Waals surface area contributed by atoms with Gasteiger partial charge >= 0.3 is 0 Å². The third-order valence-electron chi connectivity index (χ3n) is 7.25. The summed E-state index contributed by atoms with van der Waals surface area (Å²) in [6.45, 7) is 9.48. The number of likely N-dealkylation sites (N-methyl/N-ethyl adjacent to an activating group) is 1. The molecule has 2 fully saturated rings. The highest BCUT2D eigenvalue weighted by Gasteiger charge is 2.59. The van der Waals surface area contributed by atoms with Gasteiger partial charge in [-0.3, -0.25) is 14.6 Å². The molecular formula is C26H32N4O3. The molecule has 0 spiro atoms. The number of hydrogen-bond donors (Lipinski definition) is 0. The van der Waals surface area contributed by atoms with E-state index in [1.54, 1.807) is 4.90 Å². The maximum absolute atomic E-state index is 13.9. The minimum atomic E-state index is -1.09. The number of morpholine rings is 1. The molecule has 2 aromatic rings. The first-order valence-electron chi connectivity index (χ1n) is 11.8. The first kappa shape index (κ1) is 21.9. The standard InChI is InChI=1S/C26H32N4O3/c1-17(2)22-21(29-10-12-33-13-11-29)15-20-23(27-22)26(3)25(32)28(4)16-19(30(26)24(20)31)14-18-8-6-5-7-9-18/h5-9,15,17,19H,10-14,16H2,1-4H3/t19-,26-/m0/s1. The molecule has 3 aliphatic heterocycles. The second kappa shape index (κ2) is 8.13. The van der Waals surface area contributed by atoms with E-state index < -0.39 is 5.54 Å². The first-order chi connectivity index (χ1) is 15.8. The number of amides is 2. The van der Waals surface area contributed by atoms with Gasteiger partial charge in [-0.2, -0.15) is 0 Å². The molecule has 0 N–H and O–H groups in total. The van der Waals surface area contributed by atoms with Gasteiger partial charge in [0.15, 0.2) is 5.54 Å². The van der Waals surface area contributed by atoms with Gasteiger partial charge < -0.3 is 19.4 Å². The van der Waals surface area contributed by atoms with E-state index in [9.17, 15) is 9.59 Å². The second-order valence-electron chi connectivity index (χ2n) is 9.82. The summed E-state index contributed by atoms with van der Waals surface area (Å²) in [5, 5.41) is 0. The zero-order valence-electron chi connectivity index (χ0n) is 19.9. The molecule has 33 heavy (non-hydrogen) atoms. The van der Waals surface area contributed by atoms with Crippen LogP contribution in [0.4, 0.5) is 5.69 Å². The lowest BCUT2D eigenvalue weighted by Gasteiger charge is -2.47. The average Bonchev–Trinajstić information content (AvgIpc) is 3.05. The third-order valence-corrected chi connectivity index (χ3v) is 7.25. The number of aromatic nitrogens is 1. The highest BCUT2D eigenvalue weighted by atomic mass is 16.5. The number of ether oxygens (including phenoxy) is 1. The molecular weight excluding hydrogens is 416 g/mol. The van der Waals surface area contributed by atoms with E-state index in [0.717, 1.165) is 30.0 Å². The molecule has 4 heterocycles. The Bertz CT molecular complexity index is 1080. The normalized spacial score (nSPS) is 25.0. The van der Waals surface area contributed by atoms with Crippen molar-refractivity contribution in [2.24, 2.45) is 0 Å². The smallest absolute Gasteiger partial charge is 0.257 e. The Kier molecular flexibility index (Phi) is 5.40. The van der Waals surface area contributed by atoms with Crippen molar-refractivity contribution in [2.45, 2.75) is 44.7 Å². The van der Waals surface area contributed by atoms with Gasteiger partial charge in [-0.1, -0.05) is 44.2 Å². The van der Waals surface area contributed by atoms with Crippen molar-refractivity contribution < 1.29 is 14.3 Å². The SMILES string of the molecule is CC(C)c1nc2c(cc1N1CCOCC1)C(=O)N1[C@@H](Cc3ccccc3)CN(C)C(=O)[C@]21C. The van der Waals surface area contributed by atoms with Crippen LogP contribution in [0.3, 0.4) is 0 Å². The van der Waals surface area contributed by atoms with Gasteiger partial charge in [0.05, 0.1) is 41.9 Å². The number of carbonyl (C=O) groups excluding carboxylic acids is 2. The Labute approximate surface area is 195 Å². The summed E-state index contributed by atoms with van der Waals surface area (Å²) in [7, 11) is 1.83. The van der Waals surface area contributed by atoms with Gasteiger partial charge in [0.1, 0.15) is 0 Å². The molecule has 1 aromatic carbocycles. The topological polar surface area (TPSA) is 66.0 Å². The number of hydrogen-bond acceptors (Lipinski definition) is 5. The predicted octanol–water partition coefficient (Wildman–Crippen LogP) is 2.80. The van der Waals surface area contributed by atoms with Crippen LogP contribution in [0.25, 0.3) is 0 Å². The second-order valence-corrected chi connectivity index (χ2v) is 9.82. The molecule has 0 saturated carbocycles. The van der Waals surface area contributed by atoms with Crippen molar-refractivity contribution in [1.82, 2.24) is 14.8 Å². The van der Waals surface area contributed by atoms with Crippen molar-refractivity contribution in [2.75, 3.05) is 44.8 Å². The highest BCUT2D eigenvalue weighted by molar-refractivity contribution is 6.07. The molecule has 2 amide bonds. The monoisotopic (exact) mass is 448 g/mol. The number of piperazine rings is 1. The molecule has 7 nitrogen and oxygen atoms in total. The van der Waals surface area contributed by atoms with Crippen LogP contribution in [-0.2, 0) is 21.5 Å². The fraction of sp³-hybridized carbons (Fsp3) is 0.500. The average molecular weight is 449 g/mol. The molecule has 7 heteroatoms. The number of pyridine rings is 1. The van der Waals surface area contributed by atoms with Crippen molar-refractivity contribution in [3.8, 4) is 0 Å². The van der Waals surface area contributed by atoms with Crippen molar-refractivity contribution in [3.63, 3.8) is 0 Å². The third kappa shape index (κ3) is 3.41. The van der Waals surface area contributed by atoms with Gasteiger partial charge in [-0.25, -0.2) is 0 Å². The van der Waals surface area contributed by atoms with Gasteiger partial charge in [-0.15, -0.1) is 0 Å². The number of nitrogens with zero attached hydrogens (tertiary/aromatic N) is 4. The molecule has 0 aliphatic carbocycles. The molecule has 174 valence electrons. The molecule has 3 aliphatic rings. The molecule has 0 radical (unpaired) electrons. The number of rotatable bonds is 4. The fourth-order valence-corrected chi connectivity index (χ4v) is 5.61. The lowest BCUT2D eigenvalue weighted by Crippen LogP contribution is -2.65. The minimum absolute atomic E-state index is 0.0692. The molecule has 0 bridgehead atoms. The van der Waals surface area contributed by atoms with E-state index in [1.165, 1.54) is 0 Å². The van der Waals surface area contributed by atoms with E-state index >= 15 is 0 Å². The van der Waals surface area contributed by atoms with Crippen LogP contribution in [0.15, 0.2) is 36.4 Å². The highest BCUT2D eigenvalue weighted by Crippen LogP contribution is 2.46. The zero-order chi connectivity index (χ0) is 23.3. The van der Waals surface area contributed by atoms with Crippen molar-refractivity contribution in [3.05, 3.63) is 58.9 Å². The summed E-state index contributed by atoms with van der Waals surface area (Å²) in [5.41, 5.74) is 3.15. The molecule has 2 atom stereocenters. The predicted molar refractivity (Wildman–Crippen MR) is 126 cm³/mol. The van der Waals surface area contributed by atoms with Crippen LogP contribution < -0.4 is 4.90 Å². The van der Waals surface area contributed by atoms with Crippen LogP contribution in [0, 0.1) is 0 Å². The van der Waals surface area contributed by atoms with E-state index in [-0.39, 0.29) is 23.8 Å². The van der Waals surface area contributed by atoms with E-state index in [4.69, 9.17) is 9.72 Å². The summed E-state index contributed by atoms with van der Waals surface area (Å²) >= 11 is 0. The zero-order valence-corrected chi connectivity index (χ0v) is 19.9. The Morgan fingerprint density at radius 3 is 2.52 bits per heavy atom. The fourth-order valence-electron chi connectivity index (χ4n) is 5.61. The number of benzene rings is 1. The van der Waals surface area contributed by atoms with Crippen LogP contribution in [0.5, 0.6) is 0 Å². The van der Waals surface area contributed by atoms with Crippen LogP contribution in [0.1, 0.15) is 54.0 Å². The number of anilines is 1. The lowest BCUT2D eigenvalue weighted by molar-refractivity contribution is -0.149. The number of fused-ring (bicyclic) bond motifs is 3. The van der Waals surface area contributed by atoms with E-state index in [0.29, 0.717) is 37.4 Å². The Morgan fingerprint density at radius 2 is 1.85 bits per heavy atom. The van der Waals surface area contributed by atoms with Crippen molar-refractivity contribution >= 4 is 17.5 Å². The Balaban J connectivity index is 1.62. The quantitative estimate of drug-likeness (QED) is 0.720. The summed E-state index contributed by atoms with van der Waals surface area (Å²) in [5.74, 6) is 0.00451. The summed E-state index contributed by atoms with van der Waals surface area (Å²) in [6.07, 6.45) is 0.696. The van der Waals surface area contributed by atoms with Crippen LogP contribution >= 0.6 is 0 Å². The van der Waals surface area contributed by atoms with E-state index in [2.05, 4.69) is 30.9 Å². The maximum Gasteiger partial charge on any atom is 0.257 e. The Morgan fingerprint density at radius 1 is 1.15 bits per heavy atom. The molecule has 2 saturated heterocycles. The molecule has 1 aromatic heterocycles.